The standard InChI is InChI=1S/C25H26Cl2F2N2O6/c1-35-19-11-24(20(22(30)33)36-12-2-4-14(26)16(28)8-12)6-7-25(19,10-18(24)32)21(23(31)34)37-13-3-5-15(27)17(29)9-13/h2-5,8-9,18-21,32H,6-7,10-11H2,1H3,(H2,30,33)(H2,31,34)/t18?,19-,20?,21?,24+,25+/m0/s1. The van der Waals surface area contributed by atoms with Gasteiger partial charge in [0.05, 0.1) is 22.3 Å². The van der Waals surface area contributed by atoms with Crippen LogP contribution in [0.15, 0.2) is 36.4 Å². The summed E-state index contributed by atoms with van der Waals surface area (Å²) < 4.78 is 45.5. The Morgan fingerprint density at radius 3 is 1.78 bits per heavy atom. The maximum absolute atomic E-state index is 14.0. The SMILES string of the molecule is CO[C@H]1C[C@]2(C(Oc3ccc(Cl)c(F)c3)C(N)=O)CC[C@@]1(C(Oc1ccc(Cl)c(F)c1)C(N)=O)CC2O. The van der Waals surface area contributed by atoms with Crippen molar-refractivity contribution in [1.82, 2.24) is 0 Å². The van der Waals surface area contributed by atoms with Crippen LogP contribution in [0.2, 0.25) is 10.0 Å². The van der Waals surface area contributed by atoms with E-state index in [4.69, 9.17) is 48.9 Å². The lowest BCUT2D eigenvalue weighted by Crippen LogP contribution is -2.70. The number of carbonyl (C=O) groups is 2. The molecule has 0 spiro atoms. The van der Waals surface area contributed by atoms with Crippen molar-refractivity contribution in [2.24, 2.45) is 22.3 Å². The smallest absolute Gasteiger partial charge is 0.259 e. The molecule has 37 heavy (non-hydrogen) atoms. The minimum absolute atomic E-state index is 0.00626. The molecule has 3 aliphatic rings. The van der Waals surface area contributed by atoms with Gasteiger partial charge in [0.2, 0.25) is 0 Å². The number of methoxy groups -OCH3 is 1. The fraction of sp³-hybridized carbons (Fsp3) is 0.440. The third-order valence-electron chi connectivity index (χ3n) is 7.64. The number of amides is 2. The van der Waals surface area contributed by atoms with Crippen LogP contribution < -0.4 is 20.9 Å². The lowest BCUT2D eigenvalue weighted by molar-refractivity contribution is -0.234. The summed E-state index contributed by atoms with van der Waals surface area (Å²) >= 11 is 11.5. The molecule has 5 rings (SSSR count). The van der Waals surface area contributed by atoms with Crippen LogP contribution in [0.1, 0.15) is 25.7 Å². The predicted octanol–water partition coefficient (Wildman–Crippen LogP) is 3.37. The third-order valence-corrected chi connectivity index (χ3v) is 8.25. The topological polar surface area (TPSA) is 134 Å². The second-order valence-corrected chi connectivity index (χ2v) is 10.4. The molecule has 200 valence electrons. The number of aliphatic hydroxyl groups is 1. The molecule has 2 bridgehead atoms. The van der Waals surface area contributed by atoms with Crippen molar-refractivity contribution in [1.29, 1.82) is 0 Å². The van der Waals surface area contributed by atoms with E-state index in [0.717, 1.165) is 12.1 Å². The average Bonchev–Trinajstić information content (AvgIpc) is 2.85. The molecule has 0 aromatic heterocycles. The largest absolute Gasteiger partial charge is 0.480 e. The molecule has 5 N–H and O–H groups in total. The van der Waals surface area contributed by atoms with Gasteiger partial charge in [-0.05, 0) is 49.9 Å². The zero-order valence-electron chi connectivity index (χ0n) is 19.8. The Morgan fingerprint density at radius 1 is 0.919 bits per heavy atom. The van der Waals surface area contributed by atoms with Crippen molar-refractivity contribution in [3.05, 3.63) is 58.1 Å². The molecule has 3 aliphatic carbocycles. The summed E-state index contributed by atoms with van der Waals surface area (Å²) in [5.41, 5.74) is 9.11. The summed E-state index contributed by atoms with van der Waals surface area (Å²) in [5.74, 6) is -3.16. The average molecular weight is 559 g/mol. The van der Waals surface area contributed by atoms with Gasteiger partial charge in [-0.25, -0.2) is 8.78 Å². The summed E-state index contributed by atoms with van der Waals surface area (Å²) in [7, 11) is 1.42. The van der Waals surface area contributed by atoms with Crippen molar-refractivity contribution < 1.29 is 37.7 Å². The molecule has 2 aromatic rings. The molecule has 2 amide bonds. The number of halogens is 4. The number of carbonyl (C=O) groups excluding carboxylic acids is 2. The van der Waals surface area contributed by atoms with Gasteiger partial charge in [-0.15, -0.1) is 0 Å². The first-order valence-corrected chi connectivity index (χ1v) is 12.2. The first-order valence-electron chi connectivity index (χ1n) is 11.5. The van der Waals surface area contributed by atoms with Crippen molar-refractivity contribution in [2.45, 2.75) is 50.1 Å². The Balaban J connectivity index is 1.67. The van der Waals surface area contributed by atoms with Crippen LogP contribution in [0, 0.1) is 22.5 Å². The molecule has 2 aromatic carbocycles. The van der Waals surface area contributed by atoms with Gasteiger partial charge < -0.3 is 30.8 Å². The molecule has 0 heterocycles. The fourth-order valence-electron chi connectivity index (χ4n) is 5.80. The number of nitrogens with two attached hydrogens (primary N) is 2. The summed E-state index contributed by atoms with van der Waals surface area (Å²) in [6.07, 6.45) is -4.18. The lowest BCUT2D eigenvalue weighted by atomic mass is 9.47. The molecule has 12 heteroatoms. The zero-order valence-corrected chi connectivity index (χ0v) is 21.3. The molecule has 0 radical (unpaired) electrons. The van der Waals surface area contributed by atoms with Gasteiger partial charge in [0.1, 0.15) is 23.1 Å². The first-order chi connectivity index (χ1) is 17.4. The van der Waals surface area contributed by atoms with Gasteiger partial charge in [-0.2, -0.15) is 0 Å². The number of rotatable bonds is 9. The molecule has 3 unspecified atom stereocenters. The number of hydrogen-bond acceptors (Lipinski definition) is 6. The minimum Gasteiger partial charge on any atom is -0.480 e. The van der Waals surface area contributed by atoms with Crippen LogP contribution in [0.5, 0.6) is 11.5 Å². The highest BCUT2D eigenvalue weighted by atomic mass is 35.5. The Labute approximate surface area is 221 Å². The molecule has 6 atom stereocenters. The van der Waals surface area contributed by atoms with Gasteiger partial charge in [-0.3, -0.25) is 9.59 Å². The fourth-order valence-corrected chi connectivity index (χ4v) is 6.04. The maximum atomic E-state index is 14.0. The van der Waals surface area contributed by atoms with E-state index in [9.17, 15) is 23.5 Å². The molecular weight excluding hydrogens is 533 g/mol. The van der Waals surface area contributed by atoms with Crippen LogP contribution in [0.3, 0.4) is 0 Å². The van der Waals surface area contributed by atoms with Crippen molar-refractivity contribution >= 4 is 35.0 Å². The monoisotopic (exact) mass is 558 g/mol. The van der Waals surface area contributed by atoms with Crippen LogP contribution in [-0.4, -0.2) is 48.4 Å². The van der Waals surface area contributed by atoms with E-state index in [0.29, 0.717) is 0 Å². The quantitative estimate of drug-likeness (QED) is 0.432. The number of fused-ring (bicyclic) bond motifs is 3. The van der Waals surface area contributed by atoms with Crippen LogP contribution in [-0.2, 0) is 14.3 Å². The van der Waals surface area contributed by atoms with Crippen LogP contribution >= 0.6 is 23.2 Å². The third kappa shape index (κ3) is 4.83. The molecular formula is C25H26Cl2F2N2O6. The second-order valence-electron chi connectivity index (χ2n) is 9.57. The highest BCUT2D eigenvalue weighted by molar-refractivity contribution is 6.31. The highest BCUT2D eigenvalue weighted by Gasteiger charge is 2.67. The second kappa shape index (κ2) is 10.2. The van der Waals surface area contributed by atoms with Gasteiger partial charge in [0, 0.05) is 30.1 Å². The molecule has 0 aliphatic heterocycles. The minimum atomic E-state index is -1.35. The van der Waals surface area contributed by atoms with Crippen molar-refractivity contribution in [3.8, 4) is 11.5 Å². The van der Waals surface area contributed by atoms with Crippen molar-refractivity contribution in [3.63, 3.8) is 0 Å². The van der Waals surface area contributed by atoms with Gasteiger partial charge in [0.25, 0.3) is 11.8 Å². The first kappa shape index (κ1) is 27.4. The summed E-state index contributed by atoms with van der Waals surface area (Å²) in [6, 6.07) is 7.40. The van der Waals surface area contributed by atoms with Crippen molar-refractivity contribution in [2.75, 3.05) is 7.11 Å². The molecule has 8 nitrogen and oxygen atoms in total. The Hall–Kier alpha value is -2.66. The summed E-state index contributed by atoms with van der Waals surface area (Å²) in [4.78, 5) is 25.2. The van der Waals surface area contributed by atoms with E-state index in [1.807, 2.05) is 0 Å². The van der Waals surface area contributed by atoms with E-state index in [-0.39, 0.29) is 47.2 Å². The Morgan fingerprint density at radius 2 is 1.38 bits per heavy atom. The van der Waals surface area contributed by atoms with Gasteiger partial charge in [-0.1, -0.05) is 23.2 Å². The number of hydrogen-bond donors (Lipinski definition) is 3. The number of ether oxygens (including phenoxy) is 3. The number of aliphatic hydroxyl groups excluding tert-OH is 1. The molecule has 3 saturated carbocycles. The molecule has 0 saturated heterocycles. The van der Waals surface area contributed by atoms with E-state index < -0.39 is 58.7 Å². The van der Waals surface area contributed by atoms with E-state index in [1.54, 1.807) is 0 Å². The van der Waals surface area contributed by atoms with E-state index >= 15 is 0 Å². The number of benzene rings is 2. The summed E-state index contributed by atoms with van der Waals surface area (Å²) in [6.45, 7) is 0. The summed E-state index contributed by atoms with van der Waals surface area (Å²) in [5, 5.41) is 11.1. The normalized spacial score (nSPS) is 28.4. The number of primary amides is 2. The Bertz CT molecular complexity index is 1220. The maximum Gasteiger partial charge on any atom is 0.259 e. The highest BCUT2D eigenvalue weighted by Crippen LogP contribution is 2.61. The van der Waals surface area contributed by atoms with Gasteiger partial charge in [0.15, 0.2) is 12.2 Å². The van der Waals surface area contributed by atoms with E-state index in [2.05, 4.69) is 0 Å². The van der Waals surface area contributed by atoms with E-state index in [1.165, 1.54) is 31.4 Å². The van der Waals surface area contributed by atoms with Crippen LogP contribution in [0.25, 0.3) is 0 Å². The van der Waals surface area contributed by atoms with Crippen LogP contribution in [0.4, 0.5) is 8.78 Å². The lowest BCUT2D eigenvalue weighted by Gasteiger charge is -2.61. The molecule has 3 fully saturated rings. The Kier molecular flexibility index (Phi) is 7.58. The van der Waals surface area contributed by atoms with Gasteiger partial charge >= 0.3 is 0 Å². The zero-order chi connectivity index (χ0) is 27.1. The predicted molar refractivity (Wildman–Crippen MR) is 130 cm³/mol.